The molecule has 0 radical (unpaired) electrons. The second-order valence-corrected chi connectivity index (χ2v) is 5.38. The monoisotopic (exact) mass is 256 g/mol. The molecule has 0 bridgehead atoms. The highest BCUT2D eigenvalue weighted by atomic mass is 35.5. The molecule has 1 aromatic rings. The van der Waals surface area contributed by atoms with Crippen molar-refractivity contribution in [2.24, 2.45) is 5.73 Å². The fourth-order valence-corrected chi connectivity index (χ4v) is 1.82. The Morgan fingerprint density at radius 1 is 1.41 bits per heavy atom. The lowest BCUT2D eigenvalue weighted by Crippen LogP contribution is -2.36. The lowest BCUT2D eigenvalue weighted by molar-refractivity contribution is 0.415. The zero-order valence-electron chi connectivity index (χ0n) is 11.0. The van der Waals surface area contributed by atoms with E-state index in [9.17, 15) is 0 Å². The van der Waals surface area contributed by atoms with Gasteiger partial charge in [-0.2, -0.15) is 0 Å². The van der Waals surface area contributed by atoms with Gasteiger partial charge in [-0.1, -0.05) is 11.6 Å². The van der Waals surface area contributed by atoms with Crippen molar-refractivity contribution in [2.75, 3.05) is 25.6 Å². The third-order valence-electron chi connectivity index (χ3n) is 2.66. The number of methoxy groups -OCH3 is 1. The Labute approximate surface area is 109 Å². The Kier molecular flexibility index (Phi) is 4.66. The smallest absolute Gasteiger partial charge is 0.120 e. The zero-order valence-corrected chi connectivity index (χ0v) is 11.7. The number of hydrogen-bond acceptors (Lipinski definition) is 3. The van der Waals surface area contributed by atoms with Gasteiger partial charge in [0.15, 0.2) is 0 Å². The van der Waals surface area contributed by atoms with E-state index in [1.165, 1.54) is 0 Å². The van der Waals surface area contributed by atoms with Crippen LogP contribution in [0.5, 0.6) is 5.75 Å². The van der Waals surface area contributed by atoms with Crippen LogP contribution in [0.2, 0.25) is 5.02 Å². The van der Waals surface area contributed by atoms with Gasteiger partial charge in [-0.25, -0.2) is 0 Å². The van der Waals surface area contributed by atoms with Crippen LogP contribution < -0.4 is 15.4 Å². The quantitative estimate of drug-likeness (QED) is 0.880. The summed E-state index contributed by atoms with van der Waals surface area (Å²) in [5.74, 6) is 0.770. The Bertz CT molecular complexity index is 374. The third-order valence-corrected chi connectivity index (χ3v) is 2.96. The van der Waals surface area contributed by atoms with E-state index in [2.05, 4.69) is 4.90 Å². The molecule has 0 fully saturated rings. The maximum Gasteiger partial charge on any atom is 0.120 e. The van der Waals surface area contributed by atoms with Gasteiger partial charge in [0, 0.05) is 25.2 Å². The van der Waals surface area contributed by atoms with Crippen LogP contribution in [0, 0.1) is 0 Å². The molecular weight excluding hydrogens is 236 g/mol. The number of anilines is 1. The summed E-state index contributed by atoms with van der Waals surface area (Å²) in [6, 6.07) is 5.69. The van der Waals surface area contributed by atoms with Crippen LogP contribution in [0.15, 0.2) is 18.2 Å². The standard InChI is InChI=1S/C13H21ClN2O/c1-13(2,15)7-8-16(3)12-6-5-10(17-4)9-11(12)14/h5-6,9H,7-8,15H2,1-4H3. The summed E-state index contributed by atoms with van der Waals surface area (Å²) < 4.78 is 5.12. The van der Waals surface area contributed by atoms with E-state index in [1.807, 2.05) is 39.1 Å². The van der Waals surface area contributed by atoms with Crippen LogP contribution >= 0.6 is 11.6 Å². The van der Waals surface area contributed by atoms with Gasteiger partial charge >= 0.3 is 0 Å². The maximum absolute atomic E-state index is 6.20. The number of hydrogen-bond donors (Lipinski definition) is 1. The van der Waals surface area contributed by atoms with Crippen molar-refractivity contribution in [1.29, 1.82) is 0 Å². The van der Waals surface area contributed by atoms with Crippen LogP contribution in [0.1, 0.15) is 20.3 Å². The number of halogens is 1. The lowest BCUT2D eigenvalue weighted by atomic mass is 10.0. The Morgan fingerprint density at radius 3 is 2.53 bits per heavy atom. The predicted octanol–water partition coefficient (Wildman–Crippen LogP) is 2.91. The van der Waals surface area contributed by atoms with E-state index >= 15 is 0 Å². The van der Waals surface area contributed by atoms with Crippen LogP contribution in [0.25, 0.3) is 0 Å². The Morgan fingerprint density at radius 2 is 2.06 bits per heavy atom. The topological polar surface area (TPSA) is 38.5 Å². The highest BCUT2D eigenvalue weighted by Gasteiger charge is 2.13. The van der Waals surface area contributed by atoms with E-state index in [1.54, 1.807) is 7.11 Å². The molecule has 0 spiro atoms. The molecule has 0 saturated heterocycles. The first-order valence-corrected chi connectivity index (χ1v) is 6.05. The molecule has 0 atom stereocenters. The number of nitrogens with two attached hydrogens (primary N) is 1. The molecule has 17 heavy (non-hydrogen) atoms. The fourth-order valence-electron chi connectivity index (χ4n) is 1.50. The van der Waals surface area contributed by atoms with E-state index in [4.69, 9.17) is 22.1 Å². The van der Waals surface area contributed by atoms with Crippen molar-refractivity contribution in [1.82, 2.24) is 0 Å². The van der Waals surface area contributed by atoms with Gasteiger partial charge in [-0.05, 0) is 32.4 Å². The van der Waals surface area contributed by atoms with E-state index in [-0.39, 0.29) is 5.54 Å². The summed E-state index contributed by atoms with van der Waals surface area (Å²) in [6.07, 6.45) is 0.909. The minimum absolute atomic E-state index is 0.160. The molecule has 1 aromatic carbocycles. The number of benzene rings is 1. The number of rotatable bonds is 5. The van der Waals surface area contributed by atoms with Crippen molar-refractivity contribution in [2.45, 2.75) is 25.8 Å². The molecule has 1 rings (SSSR count). The minimum atomic E-state index is -0.160. The van der Waals surface area contributed by atoms with Gasteiger partial charge in [-0.15, -0.1) is 0 Å². The second-order valence-electron chi connectivity index (χ2n) is 4.98. The normalized spacial score (nSPS) is 11.4. The van der Waals surface area contributed by atoms with Gasteiger partial charge in [0.1, 0.15) is 5.75 Å². The van der Waals surface area contributed by atoms with Crippen LogP contribution in [0.3, 0.4) is 0 Å². The first kappa shape index (κ1) is 14.1. The van der Waals surface area contributed by atoms with Gasteiger partial charge in [-0.3, -0.25) is 0 Å². The van der Waals surface area contributed by atoms with Crippen LogP contribution in [-0.2, 0) is 0 Å². The molecule has 0 aliphatic heterocycles. The van der Waals surface area contributed by atoms with E-state index in [0.717, 1.165) is 24.4 Å². The SMILES string of the molecule is COc1ccc(N(C)CCC(C)(C)N)c(Cl)c1. The highest BCUT2D eigenvalue weighted by Crippen LogP contribution is 2.29. The zero-order chi connectivity index (χ0) is 13.1. The van der Waals surface area contributed by atoms with Crippen molar-refractivity contribution >= 4 is 17.3 Å². The van der Waals surface area contributed by atoms with E-state index < -0.39 is 0 Å². The van der Waals surface area contributed by atoms with Crippen LogP contribution in [-0.4, -0.2) is 26.2 Å². The molecule has 0 aromatic heterocycles. The minimum Gasteiger partial charge on any atom is -0.497 e. The molecule has 0 saturated carbocycles. The van der Waals surface area contributed by atoms with E-state index in [0.29, 0.717) is 5.02 Å². The van der Waals surface area contributed by atoms with Gasteiger partial charge in [0.05, 0.1) is 17.8 Å². The average molecular weight is 257 g/mol. The van der Waals surface area contributed by atoms with Gasteiger partial charge < -0.3 is 15.4 Å². The lowest BCUT2D eigenvalue weighted by Gasteiger charge is -2.25. The molecule has 0 aliphatic carbocycles. The van der Waals surface area contributed by atoms with Gasteiger partial charge in [0.25, 0.3) is 0 Å². The summed E-state index contributed by atoms with van der Waals surface area (Å²) in [6.45, 7) is 4.92. The summed E-state index contributed by atoms with van der Waals surface area (Å²) >= 11 is 6.20. The maximum atomic E-state index is 6.20. The first-order chi connectivity index (χ1) is 7.83. The predicted molar refractivity (Wildman–Crippen MR) is 74.2 cm³/mol. The number of ether oxygens (including phenoxy) is 1. The van der Waals surface area contributed by atoms with Gasteiger partial charge in [0.2, 0.25) is 0 Å². The van der Waals surface area contributed by atoms with Crippen molar-refractivity contribution in [3.63, 3.8) is 0 Å². The summed E-state index contributed by atoms with van der Waals surface area (Å²) in [5, 5.41) is 0.696. The highest BCUT2D eigenvalue weighted by molar-refractivity contribution is 6.33. The summed E-state index contributed by atoms with van der Waals surface area (Å²) in [5.41, 5.74) is 6.80. The summed E-state index contributed by atoms with van der Waals surface area (Å²) in [7, 11) is 3.64. The molecule has 0 amide bonds. The molecule has 96 valence electrons. The van der Waals surface area contributed by atoms with Crippen molar-refractivity contribution < 1.29 is 4.74 Å². The van der Waals surface area contributed by atoms with Crippen LogP contribution in [0.4, 0.5) is 5.69 Å². The number of nitrogens with zero attached hydrogens (tertiary/aromatic N) is 1. The molecule has 2 N–H and O–H groups in total. The molecule has 0 heterocycles. The largest absolute Gasteiger partial charge is 0.497 e. The molecular formula is C13H21ClN2O. The second kappa shape index (κ2) is 5.61. The molecule has 0 unspecified atom stereocenters. The van der Waals surface area contributed by atoms with Crippen molar-refractivity contribution in [3.05, 3.63) is 23.2 Å². The first-order valence-electron chi connectivity index (χ1n) is 5.67. The Hall–Kier alpha value is -0.930. The summed E-state index contributed by atoms with van der Waals surface area (Å²) in [4.78, 5) is 2.11. The van der Waals surface area contributed by atoms with Crippen molar-refractivity contribution in [3.8, 4) is 5.75 Å². The average Bonchev–Trinajstić information content (AvgIpc) is 2.24. The fraction of sp³-hybridized carbons (Fsp3) is 0.538. The third kappa shape index (κ3) is 4.44. The Balaban J connectivity index is 2.72. The molecule has 0 aliphatic rings. The molecule has 3 nitrogen and oxygen atoms in total. The molecule has 4 heteroatoms.